The van der Waals surface area contributed by atoms with Crippen molar-refractivity contribution in [1.29, 1.82) is 0 Å². The maximum absolute atomic E-state index is 6.23. The molecule has 0 saturated carbocycles. The van der Waals surface area contributed by atoms with Crippen molar-refractivity contribution >= 4 is 34.6 Å². The molecule has 8 nitrogen and oxygen atoms in total. The largest absolute Gasteiger partial charge is 0.281 e. The van der Waals surface area contributed by atoms with E-state index >= 15 is 0 Å². The summed E-state index contributed by atoms with van der Waals surface area (Å²) < 4.78 is 4.09. The van der Waals surface area contributed by atoms with Gasteiger partial charge in [-0.1, -0.05) is 83.9 Å². The maximum atomic E-state index is 6.23. The first-order valence-corrected chi connectivity index (χ1v) is 14.9. The van der Waals surface area contributed by atoms with E-state index in [1.807, 2.05) is 95.8 Å². The molecule has 2 aromatic heterocycles. The van der Waals surface area contributed by atoms with E-state index in [9.17, 15) is 0 Å². The lowest BCUT2D eigenvalue weighted by molar-refractivity contribution is 0.861. The van der Waals surface area contributed by atoms with Crippen LogP contribution in [0.4, 0.5) is 0 Å². The highest BCUT2D eigenvalue weighted by Crippen LogP contribution is 2.29. The number of aryl methyl sites for hydroxylation is 2. The predicted octanol–water partition coefficient (Wildman–Crippen LogP) is 7.16. The SMILES string of the molecule is Cc1nnc2n1-c1ccc(Cl)cc1C(c1ccccc1)=NC2.Cc1nnc2n1-c1ccc(Cl)cc1C(c1ccccc1)=NC2. The van der Waals surface area contributed by atoms with Gasteiger partial charge in [0.1, 0.15) is 24.7 Å². The average Bonchev–Trinajstić information content (AvgIpc) is 3.48. The Bertz CT molecular complexity index is 1910. The Kier molecular flexibility index (Phi) is 7.37. The summed E-state index contributed by atoms with van der Waals surface area (Å²) in [5.74, 6) is 3.38. The van der Waals surface area contributed by atoms with Crippen LogP contribution in [0.2, 0.25) is 10.0 Å². The summed E-state index contributed by atoms with van der Waals surface area (Å²) in [4.78, 5) is 9.53. The van der Waals surface area contributed by atoms with Crippen LogP contribution in [0, 0.1) is 13.8 Å². The van der Waals surface area contributed by atoms with Crippen molar-refractivity contribution in [3.8, 4) is 11.4 Å². The van der Waals surface area contributed by atoms with Crippen molar-refractivity contribution in [2.24, 2.45) is 9.98 Å². The molecule has 0 bridgehead atoms. The standard InChI is InChI=1S/2C17H13ClN4/c2*1-11-20-21-16-10-19-17(12-5-3-2-4-6-12)14-9-13(18)7-8-15(14)22(11)16/h2*2-9H,10H2,1H3. The van der Waals surface area contributed by atoms with Crippen molar-refractivity contribution in [3.05, 3.63) is 153 Å². The fourth-order valence-electron chi connectivity index (χ4n) is 5.59. The van der Waals surface area contributed by atoms with Crippen molar-refractivity contribution in [3.63, 3.8) is 0 Å². The number of fused-ring (bicyclic) bond motifs is 6. The number of hydrogen-bond acceptors (Lipinski definition) is 6. The third-order valence-electron chi connectivity index (χ3n) is 7.54. The molecule has 44 heavy (non-hydrogen) atoms. The smallest absolute Gasteiger partial charge is 0.159 e. The van der Waals surface area contributed by atoms with Gasteiger partial charge in [-0.25, -0.2) is 0 Å². The highest BCUT2D eigenvalue weighted by Gasteiger charge is 2.23. The molecular formula is C34H26Cl2N8. The van der Waals surface area contributed by atoms with Gasteiger partial charge in [0, 0.05) is 32.3 Å². The van der Waals surface area contributed by atoms with E-state index in [-0.39, 0.29) is 0 Å². The van der Waals surface area contributed by atoms with E-state index in [1.165, 1.54) is 0 Å². The molecule has 2 aliphatic heterocycles. The molecule has 8 rings (SSSR count). The highest BCUT2D eigenvalue weighted by atomic mass is 35.5. The summed E-state index contributed by atoms with van der Waals surface area (Å²) >= 11 is 12.5. The second-order valence-electron chi connectivity index (χ2n) is 10.4. The quantitative estimate of drug-likeness (QED) is 0.206. The van der Waals surface area contributed by atoms with Crippen LogP contribution >= 0.6 is 23.2 Å². The Balaban J connectivity index is 0.000000142. The van der Waals surface area contributed by atoms with Crippen molar-refractivity contribution in [1.82, 2.24) is 29.5 Å². The zero-order chi connectivity index (χ0) is 30.2. The Morgan fingerprint density at radius 2 is 0.932 bits per heavy atom. The van der Waals surface area contributed by atoms with Gasteiger partial charge in [-0.15, -0.1) is 20.4 Å². The first-order valence-electron chi connectivity index (χ1n) is 14.1. The van der Waals surface area contributed by atoms with Crippen LogP contribution in [0.1, 0.15) is 45.6 Å². The summed E-state index contributed by atoms with van der Waals surface area (Å²) in [6.45, 7) is 4.89. The Hall–Kier alpha value is -4.92. The average molecular weight is 618 g/mol. The molecular weight excluding hydrogens is 591 g/mol. The van der Waals surface area contributed by atoms with E-state index in [4.69, 9.17) is 33.2 Å². The molecule has 2 aliphatic rings. The predicted molar refractivity (Wildman–Crippen MR) is 174 cm³/mol. The number of benzene rings is 4. The van der Waals surface area contributed by atoms with Gasteiger partial charge in [-0.2, -0.15) is 0 Å². The summed E-state index contributed by atoms with van der Waals surface area (Å²) in [6.07, 6.45) is 0. The normalized spacial score (nSPS) is 13.1. The van der Waals surface area contributed by atoms with Crippen LogP contribution < -0.4 is 0 Å². The Labute approximate surface area is 264 Å². The number of nitrogens with zero attached hydrogens (tertiary/aromatic N) is 8. The molecule has 0 fully saturated rings. The number of aromatic nitrogens is 6. The van der Waals surface area contributed by atoms with Gasteiger partial charge in [0.05, 0.1) is 22.8 Å². The summed E-state index contributed by atoms with van der Waals surface area (Å²) in [7, 11) is 0. The van der Waals surface area contributed by atoms with E-state index in [0.29, 0.717) is 23.1 Å². The minimum atomic E-state index is 0.497. The first-order chi connectivity index (χ1) is 21.5. The van der Waals surface area contributed by atoms with E-state index in [1.54, 1.807) is 0 Å². The fourth-order valence-corrected chi connectivity index (χ4v) is 5.93. The van der Waals surface area contributed by atoms with Crippen LogP contribution in [0.15, 0.2) is 107 Å². The zero-order valence-corrected chi connectivity index (χ0v) is 25.5. The molecule has 0 saturated heterocycles. The molecule has 4 heterocycles. The van der Waals surface area contributed by atoms with Gasteiger partial charge in [-0.05, 0) is 50.2 Å². The molecule has 216 valence electrons. The molecule has 0 amide bonds. The maximum Gasteiger partial charge on any atom is 0.159 e. The molecule has 0 radical (unpaired) electrons. The van der Waals surface area contributed by atoms with Crippen LogP contribution in [0.5, 0.6) is 0 Å². The van der Waals surface area contributed by atoms with E-state index < -0.39 is 0 Å². The third-order valence-corrected chi connectivity index (χ3v) is 8.01. The monoisotopic (exact) mass is 616 g/mol. The van der Waals surface area contributed by atoms with Gasteiger partial charge >= 0.3 is 0 Å². The number of aliphatic imine (C=N–C) groups is 2. The molecule has 0 aliphatic carbocycles. The molecule has 0 atom stereocenters. The topological polar surface area (TPSA) is 86.1 Å². The summed E-state index contributed by atoms with van der Waals surface area (Å²) in [5, 5.41) is 18.2. The fraction of sp³-hybridized carbons (Fsp3) is 0.118. The number of rotatable bonds is 2. The molecule has 4 aromatic carbocycles. The summed E-state index contributed by atoms with van der Waals surface area (Å²) in [5.41, 5.74) is 8.04. The van der Waals surface area contributed by atoms with Crippen molar-refractivity contribution in [2.75, 3.05) is 0 Å². The minimum absolute atomic E-state index is 0.497. The number of hydrogen-bond donors (Lipinski definition) is 0. The molecule has 0 spiro atoms. The molecule has 0 N–H and O–H groups in total. The van der Waals surface area contributed by atoms with Crippen molar-refractivity contribution in [2.45, 2.75) is 26.9 Å². The van der Waals surface area contributed by atoms with Crippen LogP contribution in [-0.2, 0) is 13.1 Å². The molecule has 10 heteroatoms. The van der Waals surface area contributed by atoms with Crippen LogP contribution in [-0.4, -0.2) is 41.0 Å². The van der Waals surface area contributed by atoms with Gasteiger partial charge in [0.2, 0.25) is 0 Å². The molecule has 0 unspecified atom stereocenters. The zero-order valence-electron chi connectivity index (χ0n) is 24.0. The Morgan fingerprint density at radius 3 is 1.34 bits per heavy atom. The van der Waals surface area contributed by atoms with Crippen LogP contribution in [0.3, 0.4) is 0 Å². The van der Waals surface area contributed by atoms with Gasteiger partial charge < -0.3 is 0 Å². The minimum Gasteiger partial charge on any atom is -0.281 e. The second kappa shape index (κ2) is 11.6. The van der Waals surface area contributed by atoms with E-state index in [2.05, 4.69) is 44.7 Å². The van der Waals surface area contributed by atoms with Gasteiger partial charge in [-0.3, -0.25) is 19.1 Å². The first kappa shape index (κ1) is 27.9. The number of halogens is 2. The summed E-state index contributed by atoms with van der Waals surface area (Å²) in [6, 6.07) is 32.0. The molecule has 6 aromatic rings. The van der Waals surface area contributed by atoms with Crippen LogP contribution in [0.25, 0.3) is 11.4 Å². The second-order valence-corrected chi connectivity index (χ2v) is 11.3. The lowest BCUT2D eigenvalue weighted by Gasteiger charge is -2.12. The van der Waals surface area contributed by atoms with Gasteiger partial charge in [0.15, 0.2) is 11.6 Å². The highest BCUT2D eigenvalue weighted by molar-refractivity contribution is 6.32. The lowest BCUT2D eigenvalue weighted by atomic mass is 10.0. The lowest BCUT2D eigenvalue weighted by Crippen LogP contribution is -2.08. The van der Waals surface area contributed by atoms with E-state index in [0.717, 1.165) is 68.3 Å². The van der Waals surface area contributed by atoms with Gasteiger partial charge in [0.25, 0.3) is 0 Å². The van der Waals surface area contributed by atoms with Crippen molar-refractivity contribution < 1.29 is 0 Å². The Morgan fingerprint density at radius 1 is 0.523 bits per heavy atom. The third kappa shape index (κ3) is 5.12.